The third-order valence-electron chi connectivity index (χ3n) is 5.86. The van der Waals surface area contributed by atoms with Gasteiger partial charge >= 0.3 is 6.09 Å². The topological polar surface area (TPSA) is 209 Å². The monoisotopic (exact) mass is 564 g/mol. The number of non-ortho nitro benzene ring substituents is 1. The van der Waals surface area contributed by atoms with E-state index in [4.69, 9.17) is 4.74 Å². The molecule has 1 fully saturated rings. The number of nitro benzene ring substituents is 1. The number of anilines is 1. The molecule has 1 aliphatic rings. The van der Waals surface area contributed by atoms with Gasteiger partial charge in [0.05, 0.1) is 11.5 Å². The minimum absolute atomic E-state index is 0.171. The maximum atomic E-state index is 13.1. The number of nitrogens with one attached hydrogen (secondary N) is 4. The fourth-order valence-electron chi connectivity index (χ4n) is 3.86. The van der Waals surface area contributed by atoms with Crippen molar-refractivity contribution >= 4 is 41.1 Å². The molecule has 0 bridgehead atoms. The summed E-state index contributed by atoms with van der Waals surface area (Å²) in [6, 6.07) is 0.691. The van der Waals surface area contributed by atoms with Gasteiger partial charge in [-0.25, -0.2) is 4.79 Å². The van der Waals surface area contributed by atoms with Crippen LogP contribution in [0.2, 0.25) is 0 Å². The van der Waals surface area contributed by atoms with Crippen LogP contribution in [0, 0.1) is 10.1 Å². The molecule has 220 valence electrons. The van der Waals surface area contributed by atoms with Crippen LogP contribution in [0.1, 0.15) is 47.5 Å². The lowest BCUT2D eigenvalue weighted by Crippen LogP contribution is -2.57. The quantitative estimate of drug-likeness (QED) is 0.197. The zero-order valence-electron chi connectivity index (χ0n) is 23.1. The standard InChI is InChI=1S/C25H36N6O9/c1-14(27-24(37)40-25(3,4)5)20(33)26-15(2)23(36)30-12-6-7-19(30)22(35)29-18(13-32)21(34)28-16-8-10-17(11-9-16)31(38)39/h8-11,14-15,18-19,32H,6-7,12-13H2,1-5H3,(H,26,33)(H,27,37)(H,28,34)(H,29,35)/t14-,15-,18-,19-/m0/s1. The fraction of sp³-hybridized carbons (Fsp3) is 0.560. The first kappa shape index (κ1) is 31.9. The van der Waals surface area contributed by atoms with Crippen LogP contribution in [-0.2, 0) is 23.9 Å². The Morgan fingerprint density at radius 1 is 1.05 bits per heavy atom. The summed E-state index contributed by atoms with van der Waals surface area (Å²) in [6.45, 7) is 7.40. The number of aliphatic hydroxyl groups excluding tert-OH is 1. The van der Waals surface area contributed by atoms with Crippen LogP contribution in [0.25, 0.3) is 0 Å². The van der Waals surface area contributed by atoms with E-state index in [1.54, 1.807) is 20.8 Å². The van der Waals surface area contributed by atoms with E-state index in [-0.39, 0.29) is 17.9 Å². The van der Waals surface area contributed by atoms with Crippen molar-refractivity contribution < 1.29 is 38.7 Å². The first-order chi connectivity index (χ1) is 18.6. The van der Waals surface area contributed by atoms with Crippen molar-refractivity contribution in [2.75, 3.05) is 18.5 Å². The summed E-state index contributed by atoms with van der Waals surface area (Å²) < 4.78 is 5.12. The lowest BCUT2D eigenvalue weighted by Gasteiger charge is -2.29. The van der Waals surface area contributed by atoms with Gasteiger partial charge in [0.2, 0.25) is 23.6 Å². The van der Waals surface area contributed by atoms with E-state index in [1.807, 2.05) is 0 Å². The Hall–Kier alpha value is -4.27. The van der Waals surface area contributed by atoms with Crippen LogP contribution in [0.15, 0.2) is 24.3 Å². The Balaban J connectivity index is 1.95. The van der Waals surface area contributed by atoms with Crippen LogP contribution in [0.4, 0.5) is 16.2 Å². The molecule has 15 heteroatoms. The molecule has 0 radical (unpaired) electrons. The summed E-state index contributed by atoms with van der Waals surface area (Å²) in [6.07, 6.45) is 0.0121. The maximum Gasteiger partial charge on any atom is 0.408 e. The van der Waals surface area contributed by atoms with Crippen molar-refractivity contribution in [1.82, 2.24) is 20.9 Å². The molecule has 0 aromatic heterocycles. The van der Waals surface area contributed by atoms with Gasteiger partial charge in [0.25, 0.3) is 5.69 Å². The van der Waals surface area contributed by atoms with Crippen LogP contribution >= 0.6 is 0 Å². The van der Waals surface area contributed by atoms with E-state index >= 15 is 0 Å². The molecular formula is C25H36N6O9. The lowest BCUT2D eigenvalue weighted by molar-refractivity contribution is -0.384. The summed E-state index contributed by atoms with van der Waals surface area (Å²) in [4.78, 5) is 74.5. The third-order valence-corrected chi connectivity index (χ3v) is 5.86. The van der Waals surface area contributed by atoms with Gasteiger partial charge in [0, 0.05) is 24.4 Å². The highest BCUT2D eigenvalue weighted by Gasteiger charge is 2.38. The van der Waals surface area contributed by atoms with Crippen molar-refractivity contribution in [2.45, 2.75) is 77.2 Å². The van der Waals surface area contributed by atoms with Gasteiger partial charge in [-0.2, -0.15) is 0 Å². The Kier molecular flexibility index (Phi) is 10.9. The Labute approximate surface area is 231 Å². The zero-order valence-corrected chi connectivity index (χ0v) is 23.1. The summed E-state index contributed by atoms with van der Waals surface area (Å²) in [5, 5.41) is 30.3. The summed E-state index contributed by atoms with van der Waals surface area (Å²) in [5.41, 5.74) is -0.703. The Morgan fingerprint density at radius 3 is 2.23 bits per heavy atom. The number of alkyl carbamates (subject to hydrolysis) is 1. The molecule has 1 aliphatic heterocycles. The number of ether oxygens (including phenoxy) is 1. The third kappa shape index (κ3) is 9.18. The molecule has 2 rings (SSSR count). The van der Waals surface area contributed by atoms with Crippen molar-refractivity contribution in [3.8, 4) is 0 Å². The average molecular weight is 565 g/mol. The van der Waals surface area contributed by atoms with E-state index < -0.39 is 71.0 Å². The number of carbonyl (C=O) groups excluding carboxylic acids is 5. The second-order valence-electron chi connectivity index (χ2n) is 10.3. The first-order valence-electron chi connectivity index (χ1n) is 12.7. The van der Waals surface area contributed by atoms with Crippen LogP contribution in [0.3, 0.4) is 0 Å². The van der Waals surface area contributed by atoms with Crippen LogP contribution in [-0.4, -0.2) is 87.6 Å². The van der Waals surface area contributed by atoms with Gasteiger partial charge in [0.1, 0.15) is 29.8 Å². The predicted molar refractivity (Wildman–Crippen MR) is 142 cm³/mol. The number of nitro groups is 1. The van der Waals surface area contributed by atoms with Crippen molar-refractivity contribution in [3.05, 3.63) is 34.4 Å². The minimum Gasteiger partial charge on any atom is -0.444 e. The molecule has 0 saturated carbocycles. The van der Waals surface area contributed by atoms with Gasteiger partial charge in [-0.15, -0.1) is 0 Å². The second-order valence-corrected chi connectivity index (χ2v) is 10.3. The number of likely N-dealkylation sites (tertiary alicyclic amines) is 1. The Morgan fingerprint density at radius 2 is 1.68 bits per heavy atom. The van der Waals surface area contributed by atoms with Crippen LogP contribution in [0.5, 0.6) is 0 Å². The van der Waals surface area contributed by atoms with E-state index in [0.29, 0.717) is 12.8 Å². The van der Waals surface area contributed by atoms with Gasteiger partial charge < -0.3 is 36.0 Å². The highest BCUT2D eigenvalue weighted by molar-refractivity contribution is 5.99. The fourth-order valence-corrected chi connectivity index (χ4v) is 3.86. The molecule has 1 saturated heterocycles. The summed E-state index contributed by atoms with van der Waals surface area (Å²) in [7, 11) is 0. The minimum atomic E-state index is -1.35. The largest absolute Gasteiger partial charge is 0.444 e. The number of rotatable bonds is 10. The molecule has 0 unspecified atom stereocenters. The van der Waals surface area contributed by atoms with E-state index in [0.717, 1.165) is 0 Å². The van der Waals surface area contributed by atoms with Crippen molar-refractivity contribution in [3.63, 3.8) is 0 Å². The van der Waals surface area contributed by atoms with E-state index in [1.165, 1.54) is 43.0 Å². The number of nitrogens with zero attached hydrogens (tertiary/aromatic N) is 2. The maximum absolute atomic E-state index is 13.1. The Bertz CT molecular complexity index is 1120. The van der Waals surface area contributed by atoms with E-state index in [2.05, 4.69) is 21.3 Å². The van der Waals surface area contributed by atoms with E-state index in [9.17, 15) is 39.2 Å². The summed E-state index contributed by atoms with van der Waals surface area (Å²) in [5.74, 6) is -2.59. The normalized spacial score (nSPS) is 17.1. The lowest BCUT2D eigenvalue weighted by atomic mass is 10.1. The number of carbonyl (C=O) groups is 5. The zero-order chi connectivity index (χ0) is 30.2. The molecule has 1 aromatic rings. The smallest absolute Gasteiger partial charge is 0.408 e. The van der Waals surface area contributed by atoms with Gasteiger partial charge in [0.15, 0.2) is 0 Å². The highest BCUT2D eigenvalue weighted by Crippen LogP contribution is 2.19. The average Bonchev–Trinajstić information content (AvgIpc) is 3.35. The van der Waals surface area contributed by atoms with Crippen LogP contribution < -0.4 is 21.3 Å². The number of aliphatic hydroxyl groups is 1. The van der Waals surface area contributed by atoms with Gasteiger partial charge in [-0.3, -0.25) is 29.3 Å². The predicted octanol–water partition coefficient (Wildman–Crippen LogP) is 0.419. The molecule has 1 aromatic carbocycles. The highest BCUT2D eigenvalue weighted by atomic mass is 16.6. The first-order valence-corrected chi connectivity index (χ1v) is 12.7. The molecule has 0 aliphatic carbocycles. The molecule has 5 amide bonds. The van der Waals surface area contributed by atoms with Gasteiger partial charge in [-0.1, -0.05) is 0 Å². The molecule has 1 heterocycles. The molecular weight excluding hydrogens is 528 g/mol. The number of amides is 5. The molecule has 0 spiro atoms. The molecule has 5 N–H and O–H groups in total. The number of hydrogen-bond acceptors (Lipinski definition) is 9. The number of benzene rings is 1. The molecule has 4 atom stereocenters. The van der Waals surface area contributed by atoms with Gasteiger partial charge in [-0.05, 0) is 59.6 Å². The SMILES string of the molecule is C[C@H](NC(=O)OC(C)(C)C)C(=O)N[C@@H](C)C(=O)N1CCC[C@H]1C(=O)N[C@@H](CO)C(=O)Nc1ccc([N+](=O)[O-])cc1. The summed E-state index contributed by atoms with van der Waals surface area (Å²) >= 11 is 0. The molecule has 40 heavy (non-hydrogen) atoms. The van der Waals surface area contributed by atoms with Crippen molar-refractivity contribution in [2.24, 2.45) is 0 Å². The molecule has 15 nitrogen and oxygen atoms in total. The van der Waals surface area contributed by atoms with Crippen molar-refractivity contribution in [1.29, 1.82) is 0 Å². The number of hydrogen-bond donors (Lipinski definition) is 5. The second kappa shape index (κ2) is 13.7.